The van der Waals surface area contributed by atoms with E-state index in [0.29, 0.717) is 12.5 Å². The largest absolute Gasteiger partial charge is 0.474 e. The zero-order valence-corrected chi connectivity index (χ0v) is 9.72. The van der Waals surface area contributed by atoms with E-state index in [1.54, 1.807) is 6.20 Å². The molecule has 0 spiro atoms. The molecule has 1 aliphatic carbocycles. The van der Waals surface area contributed by atoms with Crippen LogP contribution in [-0.4, -0.2) is 22.8 Å². The highest BCUT2D eigenvalue weighted by Gasteiger charge is 2.22. The molecule has 1 aromatic heterocycles. The molecule has 3 nitrogen and oxygen atoms in total. The molecule has 3 heteroatoms. The standard InChI is InChI=1S/C13H19NO2/c1-10-3-2-8-14-13(10)16-12-6-4-11(9-15)5-7-12/h2-3,8,11-12,15H,4-7,9H2,1H3. The minimum absolute atomic E-state index is 0.274. The summed E-state index contributed by atoms with van der Waals surface area (Å²) in [5.41, 5.74) is 1.09. The van der Waals surface area contributed by atoms with Gasteiger partial charge >= 0.3 is 0 Å². The van der Waals surface area contributed by atoms with E-state index in [1.165, 1.54) is 0 Å². The number of aliphatic hydroxyl groups excluding tert-OH is 1. The summed E-state index contributed by atoms with van der Waals surface area (Å²) < 4.78 is 5.89. The van der Waals surface area contributed by atoms with E-state index in [2.05, 4.69) is 4.98 Å². The van der Waals surface area contributed by atoms with Crippen LogP contribution in [0.15, 0.2) is 18.3 Å². The summed E-state index contributed by atoms with van der Waals surface area (Å²) in [5, 5.41) is 9.06. The van der Waals surface area contributed by atoms with Crippen LogP contribution in [0.2, 0.25) is 0 Å². The summed E-state index contributed by atoms with van der Waals surface area (Å²) in [7, 11) is 0. The predicted molar refractivity (Wildman–Crippen MR) is 62.4 cm³/mol. The summed E-state index contributed by atoms with van der Waals surface area (Å²) >= 11 is 0. The van der Waals surface area contributed by atoms with Gasteiger partial charge in [-0.15, -0.1) is 0 Å². The second kappa shape index (κ2) is 5.30. The van der Waals surface area contributed by atoms with Gasteiger partial charge in [-0.1, -0.05) is 6.07 Å². The molecule has 0 aliphatic heterocycles. The SMILES string of the molecule is Cc1cccnc1OC1CCC(CO)CC1. The number of ether oxygens (including phenoxy) is 1. The summed E-state index contributed by atoms with van der Waals surface area (Å²) in [6.45, 7) is 2.33. The van der Waals surface area contributed by atoms with Gasteiger partial charge in [-0.05, 0) is 44.6 Å². The van der Waals surface area contributed by atoms with Gasteiger partial charge in [-0.2, -0.15) is 0 Å². The molecule has 2 rings (SSSR count). The third-order valence-corrected chi connectivity index (χ3v) is 3.29. The van der Waals surface area contributed by atoms with Crippen LogP contribution >= 0.6 is 0 Å². The minimum atomic E-state index is 0.274. The van der Waals surface area contributed by atoms with Gasteiger partial charge in [0.05, 0.1) is 0 Å². The lowest BCUT2D eigenvalue weighted by Gasteiger charge is -2.27. The first-order chi connectivity index (χ1) is 7.79. The Hall–Kier alpha value is -1.09. The molecule has 0 saturated heterocycles. The number of pyridine rings is 1. The first kappa shape index (κ1) is 11.4. The average molecular weight is 221 g/mol. The fraction of sp³-hybridized carbons (Fsp3) is 0.615. The van der Waals surface area contributed by atoms with Crippen LogP contribution in [0.5, 0.6) is 5.88 Å². The molecule has 16 heavy (non-hydrogen) atoms. The number of hydrogen-bond donors (Lipinski definition) is 1. The lowest BCUT2D eigenvalue weighted by atomic mass is 9.88. The van der Waals surface area contributed by atoms with Crippen LogP contribution in [0.3, 0.4) is 0 Å². The Kier molecular flexibility index (Phi) is 3.78. The van der Waals surface area contributed by atoms with Gasteiger partial charge in [-0.3, -0.25) is 0 Å². The van der Waals surface area contributed by atoms with Crippen molar-refractivity contribution in [1.82, 2.24) is 4.98 Å². The Bertz CT molecular complexity index is 332. The highest BCUT2D eigenvalue weighted by molar-refractivity contribution is 5.23. The third-order valence-electron chi connectivity index (χ3n) is 3.29. The molecule has 1 aliphatic rings. The van der Waals surface area contributed by atoms with E-state index in [4.69, 9.17) is 9.84 Å². The highest BCUT2D eigenvalue weighted by Crippen LogP contribution is 2.27. The van der Waals surface area contributed by atoms with Crippen molar-refractivity contribution in [3.63, 3.8) is 0 Å². The number of rotatable bonds is 3. The van der Waals surface area contributed by atoms with Crippen LogP contribution in [-0.2, 0) is 0 Å². The molecule has 0 unspecified atom stereocenters. The molecule has 0 amide bonds. The van der Waals surface area contributed by atoms with Crippen molar-refractivity contribution in [2.24, 2.45) is 5.92 Å². The molecular formula is C13H19NO2. The van der Waals surface area contributed by atoms with E-state index < -0.39 is 0 Å². The zero-order chi connectivity index (χ0) is 11.4. The molecule has 88 valence electrons. The van der Waals surface area contributed by atoms with Gasteiger partial charge in [-0.25, -0.2) is 4.98 Å². The molecule has 0 bridgehead atoms. The van der Waals surface area contributed by atoms with Gasteiger partial charge < -0.3 is 9.84 Å². The van der Waals surface area contributed by atoms with E-state index >= 15 is 0 Å². The summed E-state index contributed by atoms with van der Waals surface area (Å²) in [6, 6.07) is 3.94. The van der Waals surface area contributed by atoms with E-state index in [-0.39, 0.29) is 6.10 Å². The van der Waals surface area contributed by atoms with Crippen LogP contribution in [0.25, 0.3) is 0 Å². The van der Waals surface area contributed by atoms with Crippen molar-refractivity contribution in [3.05, 3.63) is 23.9 Å². The summed E-state index contributed by atoms with van der Waals surface area (Å²) in [4.78, 5) is 4.24. The number of hydrogen-bond acceptors (Lipinski definition) is 3. The van der Waals surface area contributed by atoms with Crippen molar-refractivity contribution in [1.29, 1.82) is 0 Å². The maximum absolute atomic E-state index is 9.06. The fourth-order valence-electron chi connectivity index (χ4n) is 2.18. The Balaban J connectivity index is 1.89. The summed E-state index contributed by atoms with van der Waals surface area (Å²) in [6.07, 6.45) is 6.22. The Morgan fingerprint density at radius 3 is 2.75 bits per heavy atom. The summed E-state index contributed by atoms with van der Waals surface area (Å²) in [5.74, 6) is 1.24. The van der Waals surface area contributed by atoms with Crippen LogP contribution in [0.4, 0.5) is 0 Å². The van der Waals surface area contributed by atoms with Gasteiger partial charge in [0, 0.05) is 18.4 Å². The molecule has 0 atom stereocenters. The maximum Gasteiger partial charge on any atom is 0.216 e. The lowest BCUT2D eigenvalue weighted by molar-refractivity contribution is 0.0999. The average Bonchev–Trinajstić information content (AvgIpc) is 2.33. The third kappa shape index (κ3) is 2.73. The number of aliphatic hydroxyl groups is 1. The van der Waals surface area contributed by atoms with Crippen LogP contribution in [0, 0.1) is 12.8 Å². The Morgan fingerprint density at radius 2 is 2.12 bits per heavy atom. The van der Waals surface area contributed by atoms with E-state index in [9.17, 15) is 0 Å². The molecule has 1 heterocycles. The Labute approximate surface area is 96.5 Å². The zero-order valence-electron chi connectivity index (χ0n) is 9.72. The molecule has 1 fully saturated rings. The smallest absolute Gasteiger partial charge is 0.216 e. The molecule has 1 saturated carbocycles. The molecular weight excluding hydrogens is 202 g/mol. The number of aryl methyl sites for hydroxylation is 1. The highest BCUT2D eigenvalue weighted by atomic mass is 16.5. The second-order valence-corrected chi connectivity index (χ2v) is 4.57. The normalized spacial score (nSPS) is 25.4. The van der Waals surface area contributed by atoms with Crippen molar-refractivity contribution in [2.75, 3.05) is 6.61 Å². The lowest BCUT2D eigenvalue weighted by Crippen LogP contribution is -2.26. The van der Waals surface area contributed by atoms with E-state index in [0.717, 1.165) is 37.1 Å². The quantitative estimate of drug-likeness (QED) is 0.851. The maximum atomic E-state index is 9.06. The fourth-order valence-corrected chi connectivity index (χ4v) is 2.18. The first-order valence-corrected chi connectivity index (χ1v) is 5.98. The minimum Gasteiger partial charge on any atom is -0.474 e. The van der Waals surface area contributed by atoms with Gasteiger partial charge in [0.15, 0.2) is 0 Å². The first-order valence-electron chi connectivity index (χ1n) is 5.98. The Morgan fingerprint density at radius 1 is 1.38 bits per heavy atom. The molecule has 1 N–H and O–H groups in total. The monoisotopic (exact) mass is 221 g/mol. The van der Waals surface area contributed by atoms with Crippen molar-refractivity contribution >= 4 is 0 Å². The second-order valence-electron chi connectivity index (χ2n) is 4.57. The molecule has 0 aromatic carbocycles. The van der Waals surface area contributed by atoms with Crippen molar-refractivity contribution in [2.45, 2.75) is 38.7 Å². The van der Waals surface area contributed by atoms with Crippen LogP contribution < -0.4 is 4.74 Å². The number of aromatic nitrogens is 1. The van der Waals surface area contributed by atoms with Gasteiger partial charge in [0.2, 0.25) is 5.88 Å². The van der Waals surface area contributed by atoms with Gasteiger partial charge in [0.1, 0.15) is 6.10 Å². The van der Waals surface area contributed by atoms with Crippen molar-refractivity contribution in [3.8, 4) is 5.88 Å². The predicted octanol–water partition coefficient (Wildman–Crippen LogP) is 2.32. The van der Waals surface area contributed by atoms with Crippen LogP contribution in [0.1, 0.15) is 31.2 Å². The van der Waals surface area contributed by atoms with Crippen molar-refractivity contribution < 1.29 is 9.84 Å². The molecule has 0 radical (unpaired) electrons. The number of nitrogens with zero attached hydrogens (tertiary/aromatic N) is 1. The topological polar surface area (TPSA) is 42.4 Å². The van der Waals surface area contributed by atoms with E-state index in [1.807, 2.05) is 19.1 Å². The van der Waals surface area contributed by atoms with Gasteiger partial charge in [0.25, 0.3) is 0 Å². The molecule has 1 aromatic rings.